The van der Waals surface area contributed by atoms with Gasteiger partial charge in [0.2, 0.25) is 0 Å². The summed E-state index contributed by atoms with van der Waals surface area (Å²) in [6.45, 7) is 0. The Morgan fingerprint density at radius 1 is 1.19 bits per heavy atom. The Morgan fingerprint density at radius 3 is 2.62 bits per heavy atom. The minimum absolute atomic E-state index is 0.0693. The first kappa shape index (κ1) is 20.8. The SMILES string of the molecule is O=C1CC[C@@]2(O)[C@H]3Cc4ccc(OS(=O)(=O)C(F)(F)F)c5c4[C@@]2(CCC3CC2CC2)[C@H]1O5. The van der Waals surface area contributed by atoms with Crippen LogP contribution in [-0.4, -0.2) is 36.5 Å². The fourth-order valence-electron chi connectivity index (χ4n) is 7.04. The Kier molecular flexibility index (Phi) is 4.02. The number of ether oxygens (including phenoxy) is 1. The Bertz CT molecular complexity index is 1130. The standard InChI is InChI=1S/C22H23F3O6S/c23-22(24,25)32(28,29)31-16-4-3-13-10-14-12(9-11-1-2-11)5-7-20-17(13)18(16)30-19(20)15(26)6-8-21(14,20)27/h3-4,11-12,14,19,27H,1-2,5-10H2/t12?,14-,19-,20-,21+/m0/s1. The molecule has 1 aromatic rings. The molecule has 1 unspecified atom stereocenters. The van der Waals surface area contributed by atoms with Crippen molar-refractivity contribution in [1.82, 2.24) is 0 Å². The zero-order chi connectivity index (χ0) is 22.7. The van der Waals surface area contributed by atoms with Crippen molar-refractivity contribution in [3.63, 3.8) is 0 Å². The molecule has 3 saturated carbocycles. The highest BCUT2D eigenvalue weighted by atomic mass is 32.2. The maximum absolute atomic E-state index is 12.9. The van der Waals surface area contributed by atoms with E-state index in [0.717, 1.165) is 18.4 Å². The van der Waals surface area contributed by atoms with Crippen LogP contribution in [0.3, 0.4) is 0 Å². The second-order valence-electron chi connectivity index (χ2n) is 10.1. The molecule has 174 valence electrons. The van der Waals surface area contributed by atoms with Gasteiger partial charge in [-0.15, -0.1) is 0 Å². The van der Waals surface area contributed by atoms with Gasteiger partial charge in [0.05, 0.1) is 11.0 Å². The number of Topliss-reactive ketones (excluding diaryl/α,β-unsaturated/α-hetero) is 1. The van der Waals surface area contributed by atoms with Crippen molar-refractivity contribution < 1.29 is 40.4 Å². The third kappa shape index (κ3) is 2.51. The molecule has 6 nitrogen and oxygen atoms in total. The molecular formula is C22H23F3O6S. The zero-order valence-corrected chi connectivity index (χ0v) is 18.0. The number of halogens is 3. The maximum atomic E-state index is 12.9. The summed E-state index contributed by atoms with van der Waals surface area (Å²) in [7, 11) is -5.91. The van der Waals surface area contributed by atoms with Crippen molar-refractivity contribution in [2.75, 3.05) is 0 Å². The van der Waals surface area contributed by atoms with Gasteiger partial charge in [-0.25, -0.2) is 0 Å². The van der Waals surface area contributed by atoms with E-state index < -0.39 is 38.5 Å². The molecular weight excluding hydrogens is 449 g/mol. The Morgan fingerprint density at radius 2 is 1.94 bits per heavy atom. The molecule has 1 aliphatic heterocycles. The summed E-state index contributed by atoms with van der Waals surface area (Å²) in [6, 6.07) is 2.74. The number of rotatable bonds is 4. The van der Waals surface area contributed by atoms with Crippen molar-refractivity contribution in [2.24, 2.45) is 17.8 Å². The number of benzene rings is 1. The molecule has 6 rings (SSSR count). The molecule has 0 aromatic heterocycles. The molecule has 2 bridgehead atoms. The maximum Gasteiger partial charge on any atom is 0.534 e. The number of ketones is 1. The number of hydrogen-bond donors (Lipinski definition) is 1. The van der Waals surface area contributed by atoms with Gasteiger partial charge in [-0.05, 0) is 61.5 Å². The smallest absolute Gasteiger partial charge is 0.477 e. The van der Waals surface area contributed by atoms with E-state index in [2.05, 4.69) is 4.18 Å². The monoisotopic (exact) mass is 472 g/mol. The highest BCUT2D eigenvalue weighted by Crippen LogP contribution is 2.68. The van der Waals surface area contributed by atoms with E-state index in [-0.39, 0.29) is 30.3 Å². The largest absolute Gasteiger partial charge is 0.534 e. The van der Waals surface area contributed by atoms with Crippen LogP contribution >= 0.6 is 0 Å². The molecule has 3 fully saturated rings. The Balaban J connectivity index is 1.50. The quantitative estimate of drug-likeness (QED) is 0.534. The highest BCUT2D eigenvalue weighted by Gasteiger charge is 2.73. The van der Waals surface area contributed by atoms with Crippen LogP contribution < -0.4 is 8.92 Å². The van der Waals surface area contributed by atoms with Crippen LogP contribution in [-0.2, 0) is 26.7 Å². The number of carbonyl (C=O) groups is 1. The van der Waals surface area contributed by atoms with Crippen LogP contribution in [0, 0.1) is 17.8 Å². The van der Waals surface area contributed by atoms with Gasteiger partial charge < -0.3 is 14.0 Å². The second kappa shape index (κ2) is 6.20. The summed E-state index contributed by atoms with van der Waals surface area (Å²) < 4.78 is 72.5. The van der Waals surface area contributed by atoms with Gasteiger partial charge in [0, 0.05) is 12.0 Å². The van der Waals surface area contributed by atoms with Crippen LogP contribution in [0.2, 0.25) is 0 Å². The van der Waals surface area contributed by atoms with Crippen molar-refractivity contribution >= 4 is 15.9 Å². The van der Waals surface area contributed by atoms with Gasteiger partial charge in [-0.1, -0.05) is 18.9 Å². The molecule has 1 heterocycles. The fraction of sp³-hybridized carbons (Fsp3) is 0.682. The van der Waals surface area contributed by atoms with Crippen LogP contribution in [0.1, 0.15) is 56.1 Å². The summed E-state index contributed by atoms with van der Waals surface area (Å²) in [6.07, 6.45) is 4.59. The molecule has 0 radical (unpaired) electrons. The first-order valence-corrected chi connectivity index (χ1v) is 12.5. The molecule has 1 N–H and O–H groups in total. The van der Waals surface area contributed by atoms with Crippen LogP contribution in [0.4, 0.5) is 13.2 Å². The highest BCUT2D eigenvalue weighted by molar-refractivity contribution is 7.88. The number of aliphatic hydroxyl groups is 1. The van der Waals surface area contributed by atoms with E-state index >= 15 is 0 Å². The molecule has 1 spiro atoms. The van der Waals surface area contributed by atoms with Gasteiger partial charge in [-0.2, -0.15) is 21.6 Å². The third-order valence-corrected chi connectivity index (χ3v) is 9.47. The van der Waals surface area contributed by atoms with E-state index in [9.17, 15) is 31.5 Å². The van der Waals surface area contributed by atoms with E-state index in [0.29, 0.717) is 30.2 Å². The van der Waals surface area contributed by atoms with Crippen LogP contribution in [0.5, 0.6) is 11.5 Å². The first-order chi connectivity index (χ1) is 15.0. The lowest BCUT2D eigenvalue weighted by molar-refractivity contribution is -0.189. The lowest BCUT2D eigenvalue weighted by atomic mass is 9.43. The fourth-order valence-corrected chi connectivity index (χ4v) is 7.50. The predicted octanol–water partition coefficient (Wildman–Crippen LogP) is 3.39. The molecule has 5 aliphatic rings. The van der Waals surface area contributed by atoms with E-state index in [1.807, 2.05) is 0 Å². The lowest BCUT2D eigenvalue weighted by Gasteiger charge is -2.61. The predicted molar refractivity (Wildman–Crippen MR) is 105 cm³/mol. The number of carbonyl (C=O) groups excluding carboxylic acids is 1. The van der Waals surface area contributed by atoms with Gasteiger partial charge in [0.25, 0.3) is 0 Å². The molecule has 5 atom stereocenters. The van der Waals surface area contributed by atoms with Crippen LogP contribution in [0.25, 0.3) is 0 Å². The van der Waals surface area contributed by atoms with E-state index in [1.165, 1.54) is 18.9 Å². The first-order valence-electron chi connectivity index (χ1n) is 11.1. The second-order valence-corrected chi connectivity index (χ2v) is 11.6. The average molecular weight is 472 g/mol. The summed E-state index contributed by atoms with van der Waals surface area (Å²) >= 11 is 0. The van der Waals surface area contributed by atoms with Gasteiger partial charge >= 0.3 is 15.6 Å². The Hall–Kier alpha value is -1.81. The number of hydrogen-bond acceptors (Lipinski definition) is 6. The molecule has 32 heavy (non-hydrogen) atoms. The molecule has 0 saturated heterocycles. The topological polar surface area (TPSA) is 89.9 Å². The summed E-state index contributed by atoms with van der Waals surface area (Å²) in [5.74, 6) is -0.0286. The third-order valence-electron chi connectivity index (χ3n) is 8.50. The molecule has 10 heteroatoms. The summed E-state index contributed by atoms with van der Waals surface area (Å²) in [5.41, 5.74) is -6.62. The zero-order valence-electron chi connectivity index (χ0n) is 17.2. The molecule has 1 aromatic carbocycles. The van der Waals surface area contributed by atoms with Gasteiger partial charge in [0.15, 0.2) is 23.4 Å². The normalized spacial score (nSPS) is 37.6. The Labute approximate surface area is 183 Å². The minimum atomic E-state index is -5.91. The average Bonchev–Trinajstić information content (AvgIpc) is 3.44. The van der Waals surface area contributed by atoms with Crippen molar-refractivity contribution in [3.05, 3.63) is 23.3 Å². The van der Waals surface area contributed by atoms with Crippen LogP contribution in [0.15, 0.2) is 12.1 Å². The minimum Gasteiger partial charge on any atom is -0.477 e. The summed E-state index contributed by atoms with van der Waals surface area (Å²) in [5, 5.41) is 12.1. The van der Waals surface area contributed by atoms with Crippen molar-refractivity contribution in [3.8, 4) is 11.5 Å². The number of alkyl halides is 3. The summed E-state index contributed by atoms with van der Waals surface area (Å²) in [4.78, 5) is 12.9. The molecule has 4 aliphatic carbocycles. The van der Waals surface area contributed by atoms with E-state index in [1.54, 1.807) is 6.07 Å². The lowest BCUT2D eigenvalue weighted by Crippen LogP contribution is -2.71. The van der Waals surface area contributed by atoms with Gasteiger partial charge in [0.1, 0.15) is 0 Å². The van der Waals surface area contributed by atoms with Crippen molar-refractivity contribution in [2.45, 2.75) is 74.0 Å². The molecule has 0 amide bonds. The van der Waals surface area contributed by atoms with Gasteiger partial charge in [-0.3, -0.25) is 4.79 Å². The van der Waals surface area contributed by atoms with Crippen molar-refractivity contribution in [1.29, 1.82) is 0 Å². The van der Waals surface area contributed by atoms with E-state index in [4.69, 9.17) is 4.74 Å².